The second-order valence-corrected chi connectivity index (χ2v) is 5.95. The van der Waals surface area contributed by atoms with Crippen molar-refractivity contribution in [2.24, 2.45) is 0 Å². The third kappa shape index (κ3) is 3.78. The quantitative estimate of drug-likeness (QED) is 0.245. The van der Waals surface area contributed by atoms with Crippen LogP contribution in [0.3, 0.4) is 0 Å². The first kappa shape index (κ1) is 18.5. The minimum Gasteiger partial charge on any atom is -0.423 e. The van der Waals surface area contributed by atoms with Gasteiger partial charge in [-0.1, -0.05) is 0 Å². The van der Waals surface area contributed by atoms with Crippen LogP contribution in [0.15, 0.2) is 42.5 Å². The predicted molar refractivity (Wildman–Crippen MR) is 95.1 cm³/mol. The van der Waals surface area contributed by atoms with E-state index in [1.165, 1.54) is 42.5 Å². The Morgan fingerprint density at radius 1 is 1.04 bits per heavy atom. The summed E-state index contributed by atoms with van der Waals surface area (Å²) >= 11 is 0. The molecule has 0 radical (unpaired) electrons. The van der Waals surface area contributed by atoms with E-state index in [9.17, 15) is 19.2 Å². The third-order valence-corrected chi connectivity index (χ3v) is 4.16. The number of esters is 1. The molecule has 0 aliphatic carbocycles. The van der Waals surface area contributed by atoms with Gasteiger partial charge in [-0.25, -0.2) is 4.79 Å². The summed E-state index contributed by atoms with van der Waals surface area (Å²) in [5, 5.41) is 0. The molecule has 0 saturated carbocycles. The highest BCUT2D eigenvalue weighted by molar-refractivity contribution is 6.22. The summed E-state index contributed by atoms with van der Waals surface area (Å²) in [5.74, 6) is -1.20. The minimum absolute atomic E-state index is 0.160. The molecule has 7 nitrogen and oxygen atoms in total. The van der Waals surface area contributed by atoms with E-state index >= 15 is 0 Å². The topological polar surface area (TPSA) is 90.0 Å². The minimum atomic E-state index is -0.658. The van der Waals surface area contributed by atoms with Crippen LogP contribution >= 0.6 is 0 Å². The van der Waals surface area contributed by atoms with Crippen LogP contribution in [0.2, 0.25) is 0 Å². The molecule has 27 heavy (non-hydrogen) atoms. The summed E-state index contributed by atoms with van der Waals surface area (Å²) < 4.78 is 10.2. The van der Waals surface area contributed by atoms with Crippen molar-refractivity contribution in [3.8, 4) is 5.75 Å². The van der Waals surface area contributed by atoms with Crippen molar-refractivity contribution < 1.29 is 28.7 Å². The number of methoxy groups -OCH3 is 1. The number of ether oxygens (including phenoxy) is 2. The summed E-state index contributed by atoms with van der Waals surface area (Å²) in [6, 6.07) is 10.3. The second kappa shape index (κ2) is 7.92. The van der Waals surface area contributed by atoms with Gasteiger partial charge >= 0.3 is 5.97 Å². The fourth-order valence-electron chi connectivity index (χ4n) is 2.77. The molecule has 1 aliphatic rings. The molecule has 0 spiro atoms. The van der Waals surface area contributed by atoms with Crippen LogP contribution in [0.4, 0.5) is 0 Å². The molecule has 0 N–H and O–H groups in total. The van der Waals surface area contributed by atoms with Gasteiger partial charge in [-0.15, -0.1) is 0 Å². The number of benzene rings is 2. The SMILES string of the molecule is COCCCN1C(=O)c2ccc(C(=O)Oc3ccc(C=O)cc3)cc2C1=O. The van der Waals surface area contributed by atoms with Gasteiger partial charge in [0.25, 0.3) is 11.8 Å². The molecular formula is C20H17NO6. The molecule has 1 heterocycles. The second-order valence-electron chi connectivity index (χ2n) is 5.95. The molecule has 0 atom stereocenters. The standard InChI is InChI=1S/C20H17NO6/c1-26-10-2-9-21-18(23)16-8-5-14(11-17(16)19(21)24)20(25)27-15-6-3-13(12-22)4-7-15/h3-8,11-12H,2,9-10H2,1H3. The van der Waals surface area contributed by atoms with Crippen LogP contribution in [-0.4, -0.2) is 49.2 Å². The average molecular weight is 367 g/mol. The van der Waals surface area contributed by atoms with E-state index in [4.69, 9.17) is 9.47 Å². The van der Waals surface area contributed by atoms with E-state index in [0.717, 1.165) is 4.90 Å². The van der Waals surface area contributed by atoms with E-state index in [1.54, 1.807) is 7.11 Å². The zero-order valence-corrected chi connectivity index (χ0v) is 14.6. The Morgan fingerprint density at radius 2 is 1.74 bits per heavy atom. The van der Waals surface area contributed by atoms with Crippen molar-refractivity contribution in [3.05, 3.63) is 64.7 Å². The first-order valence-corrected chi connectivity index (χ1v) is 8.31. The van der Waals surface area contributed by atoms with Gasteiger partial charge in [-0.05, 0) is 48.9 Å². The lowest BCUT2D eigenvalue weighted by Crippen LogP contribution is -2.31. The largest absolute Gasteiger partial charge is 0.423 e. The lowest BCUT2D eigenvalue weighted by molar-refractivity contribution is 0.0637. The van der Waals surface area contributed by atoms with Gasteiger partial charge in [0.1, 0.15) is 12.0 Å². The van der Waals surface area contributed by atoms with Gasteiger partial charge in [0, 0.05) is 25.8 Å². The summed E-state index contributed by atoms with van der Waals surface area (Å²) in [6.07, 6.45) is 1.22. The molecule has 2 aromatic carbocycles. The van der Waals surface area contributed by atoms with E-state index in [2.05, 4.69) is 0 Å². The van der Waals surface area contributed by atoms with Gasteiger partial charge in [0.2, 0.25) is 0 Å². The number of rotatable bonds is 7. The number of amides is 2. The van der Waals surface area contributed by atoms with Crippen molar-refractivity contribution in [1.29, 1.82) is 0 Å². The highest BCUT2D eigenvalue weighted by Crippen LogP contribution is 2.25. The number of hydrogen-bond acceptors (Lipinski definition) is 6. The van der Waals surface area contributed by atoms with Crippen molar-refractivity contribution >= 4 is 24.1 Å². The van der Waals surface area contributed by atoms with E-state index in [1.807, 2.05) is 0 Å². The Balaban J connectivity index is 1.76. The lowest BCUT2D eigenvalue weighted by atomic mass is 10.1. The van der Waals surface area contributed by atoms with Gasteiger partial charge in [-0.3, -0.25) is 19.3 Å². The van der Waals surface area contributed by atoms with Crippen LogP contribution in [0.25, 0.3) is 0 Å². The van der Waals surface area contributed by atoms with Gasteiger partial charge in [-0.2, -0.15) is 0 Å². The lowest BCUT2D eigenvalue weighted by Gasteiger charge is -2.12. The van der Waals surface area contributed by atoms with E-state index in [0.29, 0.717) is 24.9 Å². The molecule has 138 valence electrons. The van der Waals surface area contributed by atoms with Crippen LogP contribution in [-0.2, 0) is 4.74 Å². The number of aldehydes is 1. The molecule has 2 aromatic rings. The molecule has 7 heteroatoms. The summed E-state index contributed by atoms with van der Waals surface area (Å²) in [7, 11) is 1.55. The Morgan fingerprint density at radius 3 is 2.41 bits per heavy atom. The fraction of sp³-hybridized carbons (Fsp3) is 0.200. The molecular weight excluding hydrogens is 350 g/mol. The maximum atomic E-state index is 12.5. The highest BCUT2D eigenvalue weighted by atomic mass is 16.5. The zero-order chi connectivity index (χ0) is 19.4. The van der Waals surface area contributed by atoms with E-state index in [-0.39, 0.29) is 34.9 Å². The Labute approximate surface area is 155 Å². The third-order valence-electron chi connectivity index (χ3n) is 4.16. The molecule has 1 aliphatic heterocycles. The Bertz CT molecular complexity index is 903. The highest BCUT2D eigenvalue weighted by Gasteiger charge is 2.35. The fourth-order valence-corrected chi connectivity index (χ4v) is 2.77. The summed E-state index contributed by atoms with van der Waals surface area (Å²) in [4.78, 5) is 49.0. The normalized spacial score (nSPS) is 12.9. The molecule has 0 bridgehead atoms. The maximum Gasteiger partial charge on any atom is 0.343 e. The monoisotopic (exact) mass is 367 g/mol. The van der Waals surface area contributed by atoms with Crippen molar-refractivity contribution in [2.45, 2.75) is 6.42 Å². The van der Waals surface area contributed by atoms with Crippen molar-refractivity contribution in [2.75, 3.05) is 20.3 Å². The molecule has 0 saturated heterocycles. The number of nitrogens with zero attached hydrogens (tertiary/aromatic N) is 1. The molecule has 0 aromatic heterocycles. The number of hydrogen-bond donors (Lipinski definition) is 0. The number of imide groups is 1. The first-order valence-electron chi connectivity index (χ1n) is 8.31. The van der Waals surface area contributed by atoms with Gasteiger partial charge in [0.15, 0.2) is 0 Å². The van der Waals surface area contributed by atoms with Gasteiger partial charge < -0.3 is 9.47 Å². The van der Waals surface area contributed by atoms with Gasteiger partial charge in [0.05, 0.1) is 16.7 Å². The van der Waals surface area contributed by atoms with Crippen LogP contribution < -0.4 is 4.74 Å². The number of carbonyl (C=O) groups excluding carboxylic acids is 4. The number of fused-ring (bicyclic) bond motifs is 1. The van der Waals surface area contributed by atoms with Crippen LogP contribution in [0.1, 0.15) is 47.9 Å². The van der Waals surface area contributed by atoms with Crippen LogP contribution in [0.5, 0.6) is 5.75 Å². The number of carbonyl (C=O) groups is 4. The zero-order valence-electron chi connectivity index (χ0n) is 14.6. The Kier molecular flexibility index (Phi) is 5.42. The van der Waals surface area contributed by atoms with E-state index < -0.39 is 11.9 Å². The Hall–Kier alpha value is -3.32. The molecule has 3 rings (SSSR count). The molecule has 0 unspecified atom stereocenters. The summed E-state index contributed by atoms with van der Waals surface area (Å²) in [6.45, 7) is 0.691. The first-order chi connectivity index (χ1) is 13.0. The predicted octanol–water partition coefficient (Wildman–Crippen LogP) is 2.35. The summed E-state index contributed by atoms with van der Waals surface area (Å²) in [5.41, 5.74) is 1.07. The molecule has 0 fully saturated rings. The smallest absolute Gasteiger partial charge is 0.343 e. The van der Waals surface area contributed by atoms with Crippen molar-refractivity contribution in [3.63, 3.8) is 0 Å². The van der Waals surface area contributed by atoms with Crippen LogP contribution in [0, 0.1) is 0 Å². The molecule has 2 amide bonds. The van der Waals surface area contributed by atoms with Crippen molar-refractivity contribution in [1.82, 2.24) is 4.90 Å². The maximum absolute atomic E-state index is 12.5. The average Bonchev–Trinajstić information content (AvgIpc) is 2.93.